The van der Waals surface area contributed by atoms with Gasteiger partial charge in [0.25, 0.3) is 0 Å². The molecule has 0 spiro atoms. The van der Waals surface area contributed by atoms with E-state index in [2.05, 4.69) is 17.2 Å². The molecule has 16 heavy (non-hydrogen) atoms. The van der Waals surface area contributed by atoms with Crippen LogP contribution in [0, 0.1) is 5.41 Å². The lowest BCUT2D eigenvalue weighted by atomic mass is 9.89. The van der Waals surface area contributed by atoms with Crippen molar-refractivity contribution < 1.29 is 4.74 Å². The molecule has 2 rings (SSSR count). The first-order valence-corrected chi connectivity index (χ1v) is 5.97. The molecule has 1 aromatic heterocycles. The van der Waals surface area contributed by atoms with E-state index < -0.39 is 0 Å². The molecule has 0 aliphatic heterocycles. The van der Waals surface area contributed by atoms with Crippen LogP contribution in [0.3, 0.4) is 0 Å². The van der Waals surface area contributed by atoms with Gasteiger partial charge in [0.05, 0.1) is 7.11 Å². The van der Waals surface area contributed by atoms with E-state index in [1.54, 1.807) is 7.11 Å². The molecule has 1 aliphatic carbocycles. The highest BCUT2D eigenvalue weighted by atomic mass is 16.5. The van der Waals surface area contributed by atoms with Gasteiger partial charge in [-0.25, -0.2) is 0 Å². The van der Waals surface area contributed by atoms with Crippen LogP contribution in [-0.2, 0) is 0 Å². The molecule has 0 radical (unpaired) electrons. The van der Waals surface area contributed by atoms with Crippen molar-refractivity contribution in [2.75, 3.05) is 19.0 Å². The van der Waals surface area contributed by atoms with Crippen LogP contribution >= 0.6 is 0 Å². The zero-order chi connectivity index (χ0) is 11.4. The smallest absolute Gasteiger partial charge is 0.214 e. The predicted molar refractivity (Wildman–Crippen MR) is 65.9 cm³/mol. The topological polar surface area (TPSA) is 34.1 Å². The zero-order valence-corrected chi connectivity index (χ0v) is 10.1. The van der Waals surface area contributed by atoms with E-state index in [-0.39, 0.29) is 0 Å². The minimum atomic E-state index is 0.449. The van der Waals surface area contributed by atoms with Crippen LogP contribution in [0.4, 0.5) is 5.82 Å². The number of nitrogens with one attached hydrogen (secondary N) is 1. The quantitative estimate of drug-likeness (QED) is 0.846. The molecule has 1 aliphatic rings. The maximum atomic E-state index is 5.10. The maximum Gasteiger partial charge on any atom is 0.214 e. The Morgan fingerprint density at radius 2 is 2.12 bits per heavy atom. The first-order chi connectivity index (χ1) is 7.72. The first kappa shape index (κ1) is 11.2. The molecule has 1 heterocycles. The second kappa shape index (κ2) is 4.73. The van der Waals surface area contributed by atoms with Crippen molar-refractivity contribution in [1.82, 2.24) is 4.98 Å². The van der Waals surface area contributed by atoms with Crippen LogP contribution < -0.4 is 10.1 Å². The van der Waals surface area contributed by atoms with E-state index in [9.17, 15) is 0 Å². The van der Waals surface area contributed by atoms with Crippen molar-refractivity contribution in [3.05, 3.63) is 18.2 Å². The van der Waals surface area contributed by atoms with Crippen molar-refractivity contribution in [3.63, 3.8) is 0 Å². The van der Waals surface area contributed by atoms with E-state index in [1.165, 1.54) is 25.7 Å². The van der Waals surface area contributed by atoms with Gasteiger partial charge in [-0.1, -0.05) is 25.8 Å². The molecular formula is C13H20N2O. The SMILES string of the molecule is COc1cccc(NCC2(C)CCCC2)n1. The standard InChI is InChI=1S/C13H20N2O/c1-13(8-3-4-9-13)10-14-11-6-5-7-12(15-11)16-2/h5-7H,3-4,8-10H2,1-2H3,(H,14,15). The normalized spacial score (nSPS) is 18.4. The summed E-state index contributed by atoms with van der Waals surface area (Å²) in [6.45, 7) is 3.36. The number of aromatic nitrogens is 1. The highest BCUT2D eigenvalue weighted by Crippen LogP contribution is 2.37. The Morgan fingerprint density at radius 3 is 2.81 bits per heavy atom. The Morgan fingerprint density at radius 1 is 1.38 bits per heavy atom. The molecule has 0 aromatic carbocycles. The van der Waals surface area contributed by atoms with Gasteiger partial charge >= 0.3 is 0 Å². The number of hydrogen-bond donors (Lipinski definition) is 1. The van der Waals surface area contributed by atoms with Crippen molar-refractivity contribution in [1.29, 1.82) is 0 Å². The molecular weight excluding hydrogens is 200 g/mol. The summed E-state index contributed by atoms with van der Waals surface area (Å²) in [4.78, 5) is 4.35. The number of methoxy groups -OCH3 is 1. The first-order valence-electron chi connectivity index (χ1n) is 5.97. The van der Waals surface area contributed by atoms with E-state index in [0.29, 0.717) is 11.3 Å². The molecule has 3 heteroatoms. The fourth-order valence-electron chi connectivity index (χ4n) is 2.34. The number of ether oxygens (including phenoxy) is 1. The average Bonchev–Trinajstić information content (AvgIpc) is 2.75. The van der Waals surface area contributed by atoms with Crippen LogP contribution in [0.2, 0.25) is 0 Å². The second-order valence-electron chi connectivity index (χ2n) is 4.94. The van der Waals surface area contributed by atoms with E-state index in [0.717, 1.165) is 12.4 Å². The van der Waals surface area contributed by atoms with Crippen LogP contribution in [0.5, 0.6) is 5.88 Å². The zero-order valence-electron chi connectivity index (χ0n) is 10.1. The van der Waals surface area contributed by atoms with Crippen LogP contribution in [0.1, 0.15) is 32.6 Å². The summed E-state index contributed by atoms with van der Waals surface area (Å²) in [6, 6.07) is 5.81. The molecule has 0 saturated heterocycles. The Kier molecular flexibility index (Phi) is 3.32. The second-order valence-corrected chi connectivity index (χ2v) is 4.94. The summed E-state index contributed by atoms with van der Waals surface area (Å²) in [5.74, 6) is 1.58. The fourth-order valence-corrected chi connectivity index (χ4v) is 2.34. The van der Waals surface area contributed by atoms with Gasteiger partial charge in [-0.15, -0.1) is 0 Å². The average molecular weight is 220 g/mol. The summed E-state index contributed by atoms with van der Waals surface area (Å²) in [5.41, 5.74) is 0.449. The Labute approximate surface area is 97.2 Å². The van der Waals surface area contributed by atoms with Crippen LogP contribution in [-0.4, -0.2) is 18.6 Å². The van der Waals surface area contributed by atoms with Crippen LogP contribution in [0.15, 0.2) is 18.2 Å². The van der Waals surface area contributed by atoms with Gasteiger partial charge in [0.15, 0.2) is 0 Å². The lowest BCUT2D eigenvalue weighted by Gasteiger charge is -2.24. The third-order valence-electron chi connectivity index (χ3n) is 3.44. The van der Waals surface area contributed by atoms with E-state index in [1.807, 2.05) is 18.2 Å². The molecule has 0 unspecified atom stereocenters. The lowest BCUT2D eigenvalue weighted by molar-refractivity contribution is 0.361. The Hall–Kier alpha value is -1.25. The maximum absolute atomic E-state index is 5.10. The minimum Gasteiger partial charge on any atom is -0.481 e. The molecule has 1 N–H and O–H groups in total. The number of rotatable bonds is 4. The van der Waals surface area contributed by atoms with E-state index >= 15 is 0 Å². The molecule has 0 atom stereocenters. The van der Waals surface area contributed by atoms with Gasteiger partial charge in [-0.3, -0.25) is 0 Å². The minimum absolute atomic E-state index is 0.449. The molecule has 0 bridgehead atoms. The largest absolute Gasteiger partial charge is 0.481 e. The van der Waals surface area contributed by atoms with Gasteiger partial charge in [0.1, 0.15) is 5.82 Å². The summed E-state index contributed by atoms with van der Waals surface area (Å²) < 4.78 is 5.10. The predicted octanol–water partition coefficient (Wildman–Crippen LogP) is 3.08. The molecule has 1 fully saturated rings. The molecule has 0 amide bonds. The number of pyridine rings is 1. The number of hydrogen-bond acceptors (Lipinski definition) is 3. The van der Waals surface area contributed by atoms with Gasteiger partial charge < -0.3 is 10.1 Å². The van der Waals surface area contributed by atoms with Gasteiger partial charge in [0, 0.05) is 12.6 Å². The number of anilines is 1. The van der Waals surface area contributed by atoms with Crippen molar-refractivity contribution in [2.45, 2.75) is 32.6 Å². The lowest BCUT2D eigenvalue weighted by Crippen LogP contribution is -2.23. The molecule has 1 saturated carbocycles. The Balaban J connectivity index is 1.93. The summed E-state index contributed by atoms with van der Waals surface area (Å²) in [5, 5.41) is 3.41. The third kappa shape index (κ3) is 2.65. The highest BCUT2D eigenvalue weighted by molar-refractivity contribution is 5.37. The third-order valence-corrected chi connectivity index (χ3v) is 3.44. The fraction of sp³-hybridized carbons (Fsp3) is 0.615. The summed E-state index contributed by atoms with van der Waals surface area (Å²) in [7, 11) is 1.64. The van der Waals surface area contributed by atoms with Crippen molar-refractivity contribution in [2.24, 2.45) is 5.41 Å². The molecule has 1 aromatic rings. The van der Waals surface area contributed by atoms with Gasteiger partial charge in [0.2, 0.25) is 5.88 Å². The summed E-state index contributed by atoms with van der Waals surface area (Å²) in [6.07, 6.45) is 5.38. The highest BCUT2D eigenvalue weighted by Gasteiger charge is 2.28. The van der Waals surface area contributed by atoms with Gasteiger partial charge in [-0.2, -0.15) is 4.98 Å². The molecule has 88 valence electrons. The molecule has 3 nitrogen and oxygen atoms in total. The summed E-state index contributed by atoms with van der Waals surface area (Å²) >= 11 is 0. The Bertz CT molecular complexity index is 346. The van der Waals surface area contributed by atoms with Gasteiger partial charge in [-0.05, 0) is 24.3 Å². The van der Waals surface area contributed by atoms with Crippen LogP contribution in [0.25, 0.3) is 0 Å². The van der Waals surface area contributed by atoms with Crippen molar-refractivity contribution in [3.8, 4) is 5.88 Å². The number of nitrogens with zero attached hydrogens (tertiary/aromatic N) is 1. The van der Waals surface area contributed by atoms with Crippen molar-refractivity contribution >= 4 is 5.82 Å². The van der Waals surface area contributed by atoms with E-state index in [4.69, 9.17) is 4.74 Å². The monoisotopic (exact) mass is 220 g/mol.